The van der Waals surface area contributed by atoms with Crippen LogP contribution in [0, 0.1) is 0 Å². The summed E-state index contributed by atoms with van der Waals surface area (Å²) in [6.07, 6.45) is -2.26. The minimum Gasteiger partial charge on any atom is -0.282 e. The molecule has 0 saturated carbocycles. The van der Waals surface area contributed by atoms with Crippen molar-refractivity contribution in [1.29, 1.82) is 0 Å². The first kappa shape index (κ1) is 23.1. The van der Waals surface area contributed by atoms with Gasteiger partial charge in [-0.15, -0.1) is 0 Å². The largest absolute Gasteiger partial charge is 0.417 e. The van der Waals surface area contributed by atoms with E-state index in [-0.39, 0.29) is 22.2 Å². The summed E-state index contributed by atoms with van der Waals surface area (Å²) < 4.78 is 67.4. The third-order valence-corrected chi connectivity index (χ3v) is 6.42. The maximum atomic E-state index is 13.2. The summed E-state index contributed by atoms with van der Waals surface area (Å²) in [6.45, 7) is 0. The number of sulfonamides is 1. The third-order valence-electron chi connectivity index (χ3n) is 4.52. The smallest absolute Gasteiger partial charge is 0.282 e. The zero-order valence-corrected chi connectivity index (χ0v) is 18.4. The number of rotatable bonds is 5. The van der Waals surface area contributed by atoms with Gasteiger partial charge in [-0.25, -0.2) is 18.5 Å². The number of hydrogen-bond acceptors (Lipinski definition) is 6. The number of halogens is 5. The number of pyridine rings is 1. The molecule has 4 rings (SSSR count). The second kappa shape index (κ2) is 8.37. The van der Waals surface area contributed by atoms with E-state index in [9.17, 15) is 26.8 Å². The van der Waals surface area contributed by atoms with Gasteiger partial charge < -0.3 is 0 Å². The molecule has 0 fully saturated rings. The fourth-order valence-corrected chi connectivity index (χ4v) is 4.48. The SMILES string of the molecule is O=S(=O)(Nc1cc(Cl)cnc1N(O)c1cccc2[nH]ncc12)c1ccc(Cl)c(C(F)(F)F)c1. The maximum absolute atomic E-state index is 13.2. The van der Waals surface area contributed by atoms with Gasteiger partial charge in [-0.2, -0.15) is 18.3 Å². The first-order valence-corrected chi connectivity index (χ1v) is 11.2. The fourth-order valence-electron chi connectivity index (χ4n) is 3.02. The van der Waals surface area contributed by atoms with Crippen molar-refractivity contribution in [2.75, 3.05) is 9.79 Å². The molecule has 0 spiro atoms. The van der Waals surface area contributed by atoms with Crippen LogP contribution in [-0.4, -0.2) is 28.8 Å². The van der Waals surface area contributed by atoms with Crippen LogP contribution in [0.4, 0.5) is 30.4 Å². The second-order valence-corrected chi connectivity index (χ2v) is 9.22. The van der Waals surface area contributed by atoms with Crippen molar-refractivity contribution >= 4 is 61.3 Å². The maximum Gasteiger partial charge on any atom is 0.417 e. The average Bonchev–Trinajstić information content (AvgIpc) is 3.21. The lowest BCUT2D eigenvalue weighted by Crippen LogP contribution is -2.19. The molecule has 33 heavy (non-hydrogen) atoms. The van der Waals surface area contributed by atoms with Gasteiger partial charge in [0.05, 0.1) is 43.6 Å². The van der Waals surface area contributed by atoms with E-state index in [2.05, 4.69) is 19.9 Å². The molecule has 0 radical (unpaired) electrons. The molecule has 2 aromatic carbocycles. The Kier molecular flexibility index (Phi) is 5.86. The minimum absolute atomic E-state index is 0.0125. The van der Waals surface area contributed by atoms with E-state index < -0.39 is 31.7 Å². The lowest BCUT2D eigenvalue weighted by atomic mass is 10.2. The van der Waals surface area contributed by atoms with Crippen molar-refractivity contribution in [3.63, 3.8) is 0 Å². The van der Waals surface area contributed by atoms with Gasteiger partial charge in [-0.3, -0.25) is 15.0 Å². The number of alkyl halides is 3. The first-order chi connectivity index (χ1) is 15.5. The van der Waals surface area contributed by atoms with Crippen molar-refractivity contribution in [2.45, 2.75) is 11.1 Å². The molecule has 172 valence electrons. The van der Waals surface area contributed by atoms with Gasteiger partial charge in [-0.05, 0) is 36.4 Å². The Morgan fingerprint density at radius 1 is 1.09 bits per heavy atom. The quantitative estimate of drug-likeness (QED) is 0.296. The summed E-state index contributed by atoms with van der Waals surface area (Å²) in [5, 5.41) is 17.9. The number of H-pyrrole nitrogens is 1. The van der Waals surface area contributed by atoms with Gasteiger partial charge in [-0.1, -0.05) is 29.3 Å². The lowest BCUT2D eigenvalue weighted by Gasteiger charge is -2.20. The molecule has 2 heterocycles. The molecule has 0 aliphatic rings. The Labute approximate surface area is 194 Å². The van der Waals surface area contributed by atoms with Gasteiger partial charge in [0.2, 0.25) is 0 Å². The summed E-state index contributed by atoms with van der Waals surface area (Å²) in [7, 11) is -4.56. The molecule has 14 heteroatoms. The van der Waals surface area contributed by atoms with Gasteiger partial charge in [0.15, 0.2) is 5.82 Å². The minimum atomic E-state index is -4.86. The molecule has 8 nitrogen and oxygen atoms in total. The summed E-state index contributed by atoms with van der Waals surface area (Å²) in [5.74, 6) is -0.276. The number of anilines is 3. The molecule has 0 atom stereocenters. The van der Waals surface area contributed by atoms with Crippen LogP contribution in [0.1, 0.15) is 5.56 Å². The summed E-state index contributed by atoms with van der Waals surface area (Å²) in [5.41, 5.74) is -0.799. The van der Waals surface area contributed by atoms with Crippen molar-refractivity contribution < 1.29 is 26.8 Å². The van der Waals surface area contributed by atoms with Crippen LogP contribution in [0.2, 0.25) is 10.0 Å². The molecular weight excluding hydrogens is 506 g/mol. The number of fused-ring (bicyclic) bond motifs is 1. The zero-order valence-electron chi connectivity index (χ0n) is 16.1. The van der Waals surface area contributed by atoms with E-state index in [1.165, 1.54) is 12.3 Å². The van der Waals surface area contributed by atoms with E-state index >= 15 is 0 Å². The van der Waals surface area contributed by atoms with E-state index in [0.29, 0.717) is 22.0 Å². The molecule has 0 unspecified atom stereocenters. The molecule has 0 aliphatic heterocycles. The first-order valence-electron chi connectivity index (χ1n) is 8.93. The van der Waals surface area contributed by atoms with Gasteiger partial charge >= 0.3 is 6.18 Å². The molecule has 0 bridgehead atoms. The van der Waals surface area contributed by atoms with Crippen LogP contribution in [0.5, 0.6) is 0 Å². The highest BCUT2D eigenvalue weighted by atomic mass is 35.5. The number of nitrogens with zero attached hydrogens (tertiary/aromatic N) is 3. The predicted octanol–water partition coefficient (Wildman–Crippen LogP) is 5.61. The number of hydrogen-bond donors (Lipinski definition) is 3. The molecule has 2 aromatic heterocycles. The third kappa shape index (κ3) is 4.55. The van der Waals surface area contributed by atoms with E-state index in [4.69, 9.17) is 23.2 Å². The predicted molar refractivity (Wildman–Crippen MR) is 117 cm³/mol. The van der Waals surface area contributed by atoms with Gasteiger partial charge in [0.25, 0.3) is 10.0 Å². The van der Waals surface area contributed by atoms with Crippen LogP contribution in [0.3, 0.4) is 0 Å². The van der Waals surface area contributed by atoms with Crippen LogP contribution in [-0.2, 0) is 16.2 Å². The number of aromatic nitrogens is 3. The Morgan fingerprint density at radius 2 is 1.85 bits per heavy atom. The Bertz CT molecular complexity index is 1460. The summed E-state index contributed by atoms with van der Waals surface area (Å²) in [6, 6.07) is 8.16. The fraction of sp³-hybridized carbons (Fsp3) is 0.0526. The summed E-state index contributed by atoms with van der Waals surface area (Å²) in [4.78, 5) is 3.28. The molecule has 0 amide bonds. The van der Waals surface area contributed by atoms with Crippen LogP contribution < -0.4 is 9.79 Å². The van der Waals surface area contributed by atoms with Crippen molar-refractivity contribution in [1.82, 2.24) is 15.2 Å². The van der Waals surface area contributed by atoms with Gasteiger partial charge in [0.1, 0.15) is 0 Å². The normalized spacial score (nSPS) is 12.2. The number of nitrogens with one attached hydrogen (secondary N) is 2. The standard InChI is InChI=1S/C19H12Cl2F3N5O3S/c20-10-6-16(28-33(31,32)11-4-5-14(21)13(7-11)19(22,23)24)18(25-8-10)29(30)17-3-1-2-15-12(17)9-26-27-15/h1-9,28,30H,(H,26,27). The van der Waals surface area contributed by atoms with Crippen molar-refractivity contribution in [3.8, 4) is 0 Å². The van der Waals surface area contributed by atoms with Gasteiger partial charge in [0, 0.05) is 11.6 Å². The zero-order chi connectivity index (χ0) is 24.0. The van der Waals surface area contributed by atoms with Crippen LogP contribution in [0.25, 0.3) is 10.9 Å². The molecule has 0 aliphatic carbocycles. The molecule has 4 aromatic rings. The molecule has 3 N–H and O–H groups in total. The highest BCUT2D eigenvalue weighted by Crippen LogP contribution is 2.38. The van der Waals surface area contributed by atoms with E-state index in [0.717, 1.165) is 24.4 Å². The lowest BCUT2D eigenvalue weighted by molar-refractivity contribution is -0.137. The Morgan fingerprint density at radius 3 is 2.58 bits per heavy atom. The van der Waals surface area contributed by atoms with Crippen LogP contribution in [0.15, 0.2) is 59.8 Å². The number of benzene rings is 2. The summed E-state index contributed by atoms with van der Waals surface area (Å²) >= 11 is 11.5. The van der Waals surface area contributed by atoms with E-state index in [1.54, 1.807) is 12.1 Å². The monoisotopic (exact) mass is 517 g/mol. The van der Waals surface area contributed by atoms with E-state index in [1.807, 2.05) is 0 Å². The second-order valence-electron chi connectivity index (χ2n) is 6.69. The highest BCUT2D eigenvalue weighted by Gasteiger charge is 2.34. The van der Waals surface area contributed by atoms with Crippen molar-refractivity contribution in [3.05, 3.63) is 70.5 Å². The Hall–Kier alpha value is -3.06. The Balaban J connectivity index is 1.77. The highest BCUT2D eigenvalue weighted by molar-refractivity contribution is 7.92. The topological polar surface area (TPSA) is 111 Å². The van der Waals surface area contributed by atoms with Crippen LogP contribution >= 0.6 is 23.2 Å². The number of aromatic amines is 1. The molecular formula is C19H12Cl2F3N5O3S. The van der Waals surface area contributed by atoms with Crippen molar-refractivity contribution in [2.24, 2.45) is 0 Å². The average molecular weight is 518 g/mol. The molecule has 0 saturated heterocycles.